The molecule has 3 aromatic rings. The fourth-order valence-electron chi connectivity index (χ4n) is 3.61. The van der Waals surface area contributed by atoms with Gasteiger partial charge in [-0.3, -0.25) is 9.59 Å². The molecule has 0 spiro atoms. The van der Waals surface area contributed by atoms with E-state index in [1.54, 1.807) is 51.5 Å². The van der Waals surface area contributed by atoms with Crippen molar-refractivity contribution in [3.05, 3.63) is 87.9 Å². The Bertz CT molecular complexity index is 1070. The third-order valence-corrected chi connectivity index (χ3v) is 6.32. The summed E-state index contributed by atoms with van der Waals surface area (Å²) in [4.78, 5) is 31.2. The number of amides is 2. The number of ether oxygens (including phenoxy) is 1. The lowest BCUT2D eigenvalue weighted by molar-refractivity contribution is -0.133. The lowest BCUT2D eigenvalue weighted by Crippen LogP contribution is -2.43. The third kappa shape index (κ3) is 5.34. The van der Waals surface area contributed by atoms with Gasteiger partial charge in [0.1, 0.15) is 18.1 Å². The molecule has 0 atom stereocenters. The number of thiophene rings is 1. The molecule has 1 heterocycles. The number of methoxy groups -OCH3 is 1. The minimum Gasteiger partial charge on any atom is -0.496 e. The average Bonchev–Trinajstić information content (AvgIpc) is 3.53. The number of nitrogens with zero attached hydrogens (tertiary/aromatic N) is 2. The topological polar surface area (TPSA) is 49.9 Å². The lowest BCUT2D eigenvalue weighted by atomic mass is 10.1. The standard InChI is InChI=1S/C25H25FN2O3S/c1-31-23-7-3-2-6-22(23)25(30)28(20-12-13-20)17-24(29)27(16-21-5-4-14-32-21)15-18-8-10-19(26)11-9-18/h2-11,14,20H,12-13,15-17H2,1H3. The summed E-state index contributed by atoms with van der Waals surface area (Å²) >= 11 is 1.58. The van der Waals surface area contributed by atoms with Crippen LogP contribution in [-0.4, -0.2) is 41.3 Å². The molecule has 0 bridgehead atoms. The van der Waals surface area contributed by atoms with Crippen LogP contribution in [0.2, 0.25) is 0 Å². The Balaban J connectivity index is 1.54. The monoisotopic (exact) mass is 452 g/mol. The highest BCUT2D eigenvalue weighted by molar-refractivity contribution is 7.09. The number of benzene rings is 2. The van der Waals surface area contributed by atoms with Crippen LogP contribution < -0.4 is 4.74 Å². The molecule has 2 amide bonds. The maximum absolute atomic E-state index is 13.4. The highest BCUT2D eigenvalue weighted by Crippen LogP contribution is 2.30. The molecule has 0 radical (unpaired) electrons. The highest BCUT2D eigenvalue weighted by atomic mass is 32.1. The molecule has 1 fully saturated rings. The predicted octanol–water partition coefficient (Wildman–Crippen LogP) is 4.73. The average molecular weight is 453 g/mol. The molecule has 1 aliphatic carbocycles. The van der Waals surface area contributed by atoms with Crippen molar-refractivity contribution < 1.29 is 18.7 Å². The fraction of sp³-hybridized carbons (Fsp3) is 0.280. The van der Waals surface area contributed by atoms with Gasteiger partial charge in [-0.1, -0.05) is 30.3 Å². The molecule has 7 heteroatoms. The maximum Gasteiger partial charge on any atom is 0.258 e. The van der Waals surface area contributed by atoms with Crippen molar-refractivity contribution in [3.8, 4) is 5.75 Å². The highest BCUT2D eigenvalue weighted by Gasteiger charge is 2.36. The zero-order valence-corrected chi connectivity index (χ0v) is 18.7. The Morgan fingerprint density at radius 2 is 1.78 bits per heavy atom. The molecule has 32 heavy (non-hydrogen) atoms. The van der Waals surface area contributed by atoms with Crippen LogP contribution in [0.1, 0.15) is 33.6 Å². The van der Waals surface area contributed by atoms with Crippen LogP contribution in [-0.2, 0) is 17.9 Å². The van der Waals surface area contributed by atoms with Gasteiger partial charge in [-0.05, 0) is 54.1 Å². The van der Waals surface area contributed by atoms with Gasteiger partial charge in [-0.2, -0.15) is 0 Å². The normalized spacial score (nSPS) is 12.9. The van der Waals surface area contributed by atoms with Crippen LogP contribution in [0.15, 0.2) is 66.0 Å². The van der Waals surface area contributed by atoms with Crippen molar-refractivity contribution >= 4 is 23.2 Å². The van der Waals surface area contributed by atoms with E-state index in [1.165, 1.54) is 19.2 Å². The number of carbonyl (C=O) groups excluding carboxylic acids is 2. The van der Waals surface area contributed by atoms with E-state index in [4.69, 9.17) is 4.74 Å². The van der Waals surface area contributed by atoms with Gasteiger partial charge < -0.3 is 14.5 Å². The molecule has 1 aliphatic rings. The van der Waals surface area contributed by atoms with Crippen LogP contribution >= 0.6 is 11.3 Å². The second-order valence-corrected chi connectivity index (χ2v) is 8.85. The summed E-state index contributed by atoms with van der Waals surface area (Å²) in [6.45, 7) is 0.779. The van der Waals surface area contributed by atoms with E-state index in [-0.39, 0.29) is 30.2 Å². The zero-order chi connectivity index (χ0) is 22.5. The summed E-state index contributed by atoms with van der Waals surface area (Å²) in [5.74, 6) is -0.154. The van der Waals surface area contributed by atoms with Gasteiger partial charge >= 0.3 is 0 Å². The Morgan fingerprint density at radius 1 is 1.03 bits per heavy atom. The summed E-state index contributed by atoms with van der Waals surface area (Å²) < 4.78 is 18.7. The summed E-state index contributed by atoms with van der Waals surface area (Å²) in [6, 6.07) is 17.2. The van der Waals surface area contributed by atoms with Gasteiger partial charge in [0.05, 0.1) is 19.2 Å². The van der Waals surface area contributed by atoms with Crippen molar-refractivity contribution in [1.82, 2.24) is 9.80 Å². The second-order valence-electron chi connectivity index (χ2n) is 7.82. The van der Waals surface area contributed by atoms with Crippen LogP contribution in [0.25, 0.3) is 0 Å². The Morgan fingerprint density at radius 3 is 2.44 bits per heavy atom. The molecule has 4 rings (SSSR count). The molecular formula is C25H25FN2O3S. The number of rotatable bonds is 9. The van der Waals surface area contributed by atoms with Gasteiger partial charge in [0, 0.05) is 17.5 Å². The first-order valence-electron chi connectivity index (χ1n) is 10.5. The Labute approximate surface area is 191 Å². The zero-order valence-electron chi connectivity index (χ0n) is 17.9. The van der Waals surface area contributed by atoms with Crippen LogP contribution in [0.3, 0.4) is 0 Å². The number of carbonyl (C=O) groups is 2. The summed E-state index contributed by atoms with van der Waals surface area (Å²) in [6.07, 6.45) is 1.77. The van der Waals surface area contributed by atoms with Gasteiger partial charge in [0.25, 0.3) is 5.91 Å². The summed E-state index contributed by atoms with van der Waals surface area (Å²) in [5, 5.41) is 1.97. The molecule has 0 N–H and O–H groups in total. The smallest absolute Gasteiger partial charge is 0.258 e. The third-order valence-electron chi connectivity index (χ3n) is 5.46. The minimum absolute atomic E-state index is 0.00583. The van der Waals surface area contributed by atoms with Crippen LogP contribution in [0, 0.1) is 5.82 Å². The predicted molar refractivity (Wildman–Crippen MR) is 122 cm³/mol. The van der Waals surface area contributed by atoms with E-state index >= 15 is 0 Å². The SMILES string of the molecule is COc1ccccc1C(=O)N(CC(=O)N(Cc1ccc(F)cc1)Cc1cccs1)C1CC1. The first-order chi connectivity index (χ1) is 15.5. The lowest BCUT2D eigenvalue weighted by Gasteiger charge is -2.28. The number of para-hydroxylation sites is 1. The van der Waals surface area contributed by atoms with E-state index < -0.39 is 0 Å². The number of halogens is 1. The molecule has 0 aliphatic heterocycles. The van der Waals surface area contributed by atoms with E-state index in [0.29, 0.717) is 24.4 Å². The molecule has 1 aromatic heterocycles. The second kappa shape index (κ2) is 9.96. The van der Waals surface area contributed by atoms with Crippen LogP contribution in [0.5, 0.6) is 5.75 Å². The van der Waals surface area contributed by atoms with E-state index in [2.05, 4.69) is 0 Å². The first-order valence-corrected chi connectivity index (χ1v) is 11.4. The van der Waals surface area contributed by atoms with Crippen molar-refractivity contribution in [2.24, 2.45) is 0 Å². The first kappa shape index (κ1) is 22.0. The van der Waals surface area contributed by atoms with Gasteiger partial charge in [0.15, 0.2) is 0 Å². The molecule has 0 saturated heterocycles. The van der Waals surface area contributed by atoms with Crippen molar-refractivity contribution in [1.29, 1.82) is 0 Å². The number of hydrogen-bond donors (Lipinski definition) is 0. The van der Waals surface area contributed by atoms with Gasteiger partial charge in [0.2, 0.25) is 5.91 Å². The van der Waals surface area contributed by atoms with Crippen LogP contribution in [0.4, 0.5) is 4.39 Å². The van der Waals surface area contributed by atoms with E-state index in [0.717, 1.165) is 23.3 Å². The largest absolute Gasteiger partial charge is 0.496 e. The molecule has 2 aromatic carbocycles. The van der Waals surface area contributed by atoms with E-state index in [9.17, 15) is 14.0 Å². The van der Waals surface area contributed by atoms with Crippen molar-refractivity contribution in [2.75, 3.05) is 13.7 Å². The number of hydrogen-bond acceptors (Lipinski definition) is 4. The quantitative estimate of drug-likeness (QED) is 0.472. The summed E-state index contributed by atoms with van der Waals surface area (Å²) in [5.41, 5.74) is 1.29. The minimum atomic E-state index is -0.313. The maximum atomic E-state index is 13.4. The molecular weight excluding hydrogens is 427 g/mol. The van der Waals surface area contributed by atoms with Crippen molar-refractivity contribution in [3.63, 3.8) is 0 Å². The van der Waals surface area contributed by atoms with Gasteiger partial charge in [-0.25, -0.2) is 4.39 Å². The molecule has 0 unspecified atom stereocenters. The molecule has 1 saturated carbocycles. The Hall–Kier alpha value is -3.19. The molecule has 166 valence electrons. The van der Waals surface area contributed by atoms with Crippen molar-refractivity contribution in [2.45, 2.75) is 32.0 Å². The van der Waals surface area contributed by atoms with Gasteiger partial charge in [-0.15, -0.1) is 11.3 Å². The van der Waals surface area contributed by atoms with E-state index in [1.807, 2.05) is 23.6 Å². The fourth-order valence-corrected chi connectivity index (χ4v) is 4.33. The Kier molecular flexibility index (Phi) is 6.85. The molecule has 5 nitrogen and oxygen atoms in total. The summed E-state index contributed by atoms with van der Waals surface area (Å²) in [7, 11) is 1.53.